The zero-order chi connectivity index (χ0) is 19.9. The third-order valence-electron chi connectivity index (χ3n) is 4.42. The third-order valence-corrected chi connectivity index (χ3v) is 5.61. The van der Waals surface area contributed by atoms with Gasteiger partial charge in [0.25, 0.3) is 11.5 Å². The van der Waals surface area contributed by atoms with Gasteiger partial charge in [0.2, 0.25) is 0 Å². The first-order valence-corrected chi connectivity index (χ1v) is 9.62. The lowest BCUT2D eigenvalue weighted by atomic mass is 10.2. The van der Waals surface area contributed by atoms with Gasteiger partial charge in [-0.1, -0.05) is 0 Å². The van der Waals surface area contributed by atoms with Crippen molar-refractivity contribution in [2.24, 2.45) is 7.05 Å². The van der Waals surface area contributed by atoms with Crippen molar-refractivity contribution in [1.29, 1.82) is 0 Å². The van der Waals surface area contributed by atoms with Crippen LogP contribution in [0.4, 0.5) is 4.79 Å². The summed E-state index contributed by atoms with van der Waals surface area (Å²) >= 11 is 1.24. The molecular formula is C18H24N4O4S. The van der Waals surface area contributed by atoms with E-state index in [0.29, 0.717) is 46.8 Å². The number of carbonyl (C=O) groups excluding carboxylic acids is 2. The summed E-state index contributed by atoms with van der Waals surface area (Å²) in [6.45, 7) is 8.96. The number of hydrogen-bond acceptors (Lipinski definition) is 6. The van der Waals surface area contributed by atoms with Gasteiger partial charge in [-0.15, -0.1) is 11.3 Å². The van der Waals surface area contributed by atoms with Crippen molar-refractivity contribution in [3.8, 4) is 0 Å². The molecule has 2 aromatic rings. The predicted octanol–water partition coefficient (Wildman–Crippen LogP) is 2.00. The Bertz CT molecular complexity index is 949. The van der Waals surface area contributed by atoms with E-state index in [1.54, 1.807) is 23.8 Å². The molecular weight excluding hydrogens is 368 g/mol. The van der Waals surface area contributed by atoms with Gasteiger partial charge in [-0.25, -0.2) is 9.78 Å². The van der Waals surface area contributed by atoms with Crippen molar-refractivity contribution >= 4 is 33.6 Å². The van der Waals surface area contributed by atoms with Crippen LogP contribution in [0, 0.1) is 6.92 Å². The molecule has 0 unspecified atom stereocenters. The second-order valence-electron chi connectivity index (χ2n) is 7.66. The molecule has 146 valence electrons. The van der Waals surface area contributed by atoms with E-state index in [0.717, 1.165) is 0 Å². The topological polar surface area (TPSA) is 84.7 Å². The molecule has 3 rings (SSSR count). The molecule has 27 heavy (non-hydrogen) atoms. The summed E-state index contributed by atoms with van der Waals surface area (Å²) in [5.74, 6) is -0.124. The van der Waals surface area contributed by atoms with Crippen molar-refractivity contribution in [3.63, 3.8) is 0 Å². The number of hydrogen-bond donors (Lipinski definition) is 0. The Morgan fingerprint density at radius 1 is 1.15 bits per heavy atom. The number of carbonyl (C=O) groups is 2. The molecule has 2 aromatic heterocycles. The second kappa shape index (κ2) is 6.95. The molecule has 0 aromatic carbocycles. The molecule has 0 N–H and O–H groups in total. The van der Waals surface area contributed by atoms with Crippen LogP contribution >= 0.6 is 11.3 Å². The SMILES string of the molecule is Cc1c(C(=O)N2CCN(C(=O)OC(C)(C)C)CC2)sc2ncn(C)c(=O)c12. The van der Waals surface area contributed by atoms with E-state index in [4.69, 9.17) is 4.74 Å². The van der Waals surface area contributed by atoms with Gasteiger partial charge in [0.15, 0.2) is 0 Å². The van der Waals surface area contributed by atoms with E-state index in [1.165, 1.54) is 22.2 Å². The van der Waals surface area contributed by atoms with Gasteiger partial charge >= 0.3 is 6.09 Å². The van der Waals surface area contributed by atoms with Crippen LogP contribution in [-0.4, -0.2) is 63.1 Å². The van der Waals surface area contributed by atoms with Crippen LogP contribution in [0.25, 0.3) is 10.2 Å². The van der Waals surface area contributed by atoms with Crippen molar-refractivity contribution in [2.45, 2.75) is 33.3 Å². The molecule has 8 nitrogen and oxygen atoms in total. The summed E-state index contributed by atoms with van der Waals surface area (Å²) < 4.78 is 6.79. The first-order valence-electron chi connectivity index (χ1n) is 8.80. The maximum Gasteiger partial charge on any atom is 0.410 e. The zero-order valence-electron chi connectivity index (χ0n) is 16.2. The lowest BCUT2D eigenvalue weighted by Gasteiger charge is -2.35. The Morgan fingerprint density at radius 3 is 2.33 bits per heavy atom. The van der Waals surface area contributed by atoms with Gasteiger partial charge in [0, 0.05) is 33.2 Å². The van der Waals surface area contributed by atoms with Crippen LogP contribution in [0.2, 0.25) is 0 Å². The molecule has 1 fully saturated rings. The highest BCUT2D eigenvalue weighted by Gasteiger charge is 2.30. The summed E-state index contributed by atoms with van der Waals surface area (Å²) in [5.41, 5.74) is -0.0250. The summed E-state index contributed by atoms with van der Waals surface area (Å²) in [5, 5.41) is 0.501. The van der Waals surface area contributed by atoms with Crippen molar-refractivity contribution < 1.29 is 14.3 Å². The fourth-order valence-corrected chi connectivity index (χ4v) is 4.08. The lowest BCUT2D eigenvalue weighted by molar-refractivity contribution is 0.0141. The number of amides is 2. The predicted molar refractivity (Wildman–Crippen MR) is 103 cm³/mol. The summed E-state index contributed by atoms with van der Waals surface area (Å²) in [6.07, 6.45) is 1.11. The Labute approximate surface area is 161 Å². The normalized spacial score (nSPS) is 15.3. The molecule has 1 aliphatic heterocycles. The van der Waals surface area contributed by atoms with Gasteiger partial charge < -0.3 is 19.1 Å². The van der Waals surface area contributed by atoms with E-state index in [-0.39, 0.29) is 17.6 Å². The number of rotatable bonds is 1. The fraction of sp³-hybridized carbons (Fsp3) is 0.556. The van der Waals surface area contributed by atoms with Gasteiger partial charge in [-0.3, -0.25) is 9.59 Å². The highest BCUT2D eigenvalue weighted by molar-refractivity contribution is 7.20. The van der Waals surface area contributed by atoms with E-state index < -0.39 is 5.60 Å². The quantitative estimate of drug-likeness (QED) is 0.741. The third kappa shape index (κ3) is 3.83. The number of aryl methyl sites for hydroxylation is 2. The number of piperazine rings is 1. The molecule has 9 heteroatoms. The Morgan fingerprint density at radius 2 is 1.74 bits per heavy atom. The van der Waals surface area contributed by atoms with Crippen molar-refractivity contribution in [1.82, 2.24) is 19.4 Å². The lowest BCUT2D eigenvalue weighted by Crippen LogP contribution is -2.51. The number of nitrogens with zero attached hydrogens (tertiary/aromatic N) is 4. The van der Waals surface area contributed by atoms with Gasteiger partial charge in [-0.2, -0.15) is 0 Å². The summed E-state index contributed by atoms with van der Waals surface area (Å²) in [6, 6.07) is 0. The molecule has 0 radical (unpaired) electrons. The minimum Gasteiger partial charge on any atom is -0.444 e. The van der Waals surface area contributed by atoms with Crippen molar-refractivity contribution in [3.05, 3.63) is 27.1 Å². The maximum atomic E-state index is 13.0. The van der Waals surface area contributed by atoms with Crippen LogP contribution < -0.4 is 5.56 Å². The fourth-order valence-electron chi connectivity index (χ4n) is 2.98. The van der Waals surface area contributed by atoms with Gasteiger partial charge in [-0.05, 0) is 33.3 Å². The summed E-state index contributed by atoms with van der Waals surface area (Å²) in [7, 11) is 1.64. The maximum absolute atomic E-state index is 13.0. The number of thiophene rings is 1. The van der Waals surface area contributed by atoms with E-state index in [9.17, 15) is 14.4 Å². The van der Waals surface area contributed by atoms with Crippen LogP contribution in [0.1, 0.15) is 36.0 Å². The van der Waals surface area contributed by atoms with Gasteiger partial charge in [0.1, 0.15) is 10.4 Å². The largest absolute Gasteiger partial charge is 0.444 e. The molecule has 0 aliphatic carbocycles. The average molecular weight is 392 g/mol. The second-order valence-corrected chi connectivity index (χ2v) is 8.66. The zero-order valence-corrected chi connectivity index (χ0v) is 17.1. The van der Waals surface area contributed by atoms with E-state index >= 15 is 0 Å². The molecule has 0 bridgehead atoms. The Hall–Kier alpha value is -2.42. The van der Waals surface area contributed by atoms with Crippen LogP contribution in [-0.2, 0) is 11.8 Å². The van der Waals surface area contributed by atoms with E-state index in [2.05, 4.69) is 4.98 Å². The van der Waals surface area contributed by atoms with Gasteiger partial charge in [0.05, 0.1) is 16.6 Å². The first kappa shape index (κ1) is 19.3. The summed E-state index contributed by atoms with van der Waals surface area (Å²) in [4.78, 5) is 46.2. The molecule has 0 saturated carbocycles. The molecule has 3 heterocycles. The molecule has 1 aliphatic rings. The highest BCUT2D eigenvalue weighted by Crippen LogP contribution is 2.28. The molecule has 0 spiro atoms. The molecule has 2 amide bonds. The molecule has 0 atom stereocenters. The number of ether oxygens (including phenoxy) is 1. The van der Waals surface area contributed by atoms with Crippen LogP contribution in [0.3, 0.4) is 0 Å². The van der Waals surface area contributed by atoms with E-state index in [1.807, 2.05) is 20.8 Å². The van der Waals surface area contributed by atoms with Crippen LogP contribution in [0.5, 0.6) is 0 Å². The average Bonchev–Trinajstić information content (AvgIpc) is 2.93. The minimum atomic E-state index is -0.544. The smallest absolute Gasteiger partial charge is 0.410 e. The number of fused-ring (bicyclic) bond motifs is 1. The Balaban J connectivity index is 1.74. The standard InChI is InChI=1S/C18H24N4O4S/c1-11-12-14(19-10-20(5)15(12)23)27-13(11)16(24)21-6-8-22(9-7-21)17(25)26-18(2,3)4/h10H,6-9H2,1-5H3. The first-order chi connectivity index (χ1) is 12.6. The highest BCUT2D eigenvalue weighted by atomic mass is 32.1. The van der Waals surface area contributed by atoms with Crippen LogP contribution in [0.15, 0.2) is 11.1 Å². The van der Waals surface area contributed by atoms with Crippen molar-refractivity contribution in [2.75, 3.05) is 26.2 Å². The minimum absolute atomic E-state index is 0.124. The number of aromatic nitrogens is 2. The monoisotopic (exact) mass is 392 g/mol. The molecule has 1 saturated heterocycles. The Kier molecular flexibility index (Phi) is 4.98.